The minimum Gasteiger partial charge on any atom is -0.492 e. The molecule has 30 heavy (non-hydrogen) atoms. The molecule has 4 nitrogen and oxygen atoms in total. The smallest absolute Gasteiger partial charge is 0.430 e. The molecular weight excluding hydrogens is 438 g/mol. The highest BCUT2D eigenvalue weighted by Gasteiger charge is 2.71. The Morgan fingerprint density at radius 1 is 1.13 bits per heavy atom. The third-order valence-electron chi connectivity index (χ3n) is 5.15. The van der Waals surface area contributed by atoms with Crippen LogP contribution in [0.15, 0.2) is 18.2 Å². The van der Waals surface area contributed by atoms with Crippen LogP contribution < -0.4 is 4.74 Å². The molecule has 0 fully saturated rings. The third kappa shape index (κ3) is 4.96. The van der Waals surface area contributed by atoms with Crippen LogP contribution in [0.25, 0.3) is 0 Å². The number of hydrogen-bond acceptors (Lipinski definition) is 3. The molecule has 0 amide bonds. The Morgan fingerprint density at radius 3 is 2.20 bits per heavy atom. The maximum absolute atomic E-state index is 13.0. The summed E-state index contributed by atoms with van der Waals surface area (Å²) in [5.41, 5.74) is -6.40. The highest BCUT2D eigenvalue weighted by molar-refractivity contribution is 6.32. The van der Waals surface area contributed by atoms with Gasteiger partial charge in [-0.15, -0.1) is 0 Å². The number of rotatable bonds is 7. The van der Waals surface area contributed by atoms with Gasteiger partial charge in [0.2, 0.25) is 6.34 Å². The van der Waals surface area contributed by atoms with Gasteiger partial charge in [0, 0.05) is 5.56 Å². The van der Waals surface area contributed by atoms with Gasteiger partial charge in [0.15, 0.2) is 0 Å². The fourth-order valence-electron chi connectivity index (χ4n) is 3.12. The van der Waals surface area contributed by atoms with E-state index in [-0.39, 0.29) is 17.9 Å². The summed E-state index contributed by atoms with van der Waals surface area (Å²) in [5, 5.41) is 8.97. The number of ether oxygens (including phenoxy) is 1. The van der Waals surface area contributed by atoms with Crippen LogP contribution >= 0.6 is 11.6 Å². The first-order valence-corrected chi connectivity index (χ1v) is 9.58. The van der Waals surface area contributed by atoms with E-state index in [4.69, 9.17) is 16.3 Å². The minimum atomic E-state index is -5.97. The van der Waals surface area contributed by atoms with Crippen LogP contribution in [0, 0.1) is 0 Å². The molecule has 0 saturated carbocycles. The largest absolute Gasteiger partial charge is 0.492 e. The monoisotopic (exact) mass is 461 g/mol. The lowest BCUT2D eigenvalue weighted by Crippen LogP contribution is -2.53. The number of hydrogen-bond donors (Lipinski definition) is 1. The van der Waals surface area contributed by atoms with Crippen molar-refractivity contribution in [2.45, 2.75) is 50.2 Å². The highest BCUT2D eigenvalue weighted by atomic mass is 35.5. The molecule has 0 radical (unpaired) electrons. The van der Waals surface area contributed by atoms with E-state index in [0.717, 1.165) is 25.6 Å². The van der Waals surface area contributed by atoms with E-state index in [1.807, 2.05) is 13.4 Å². The fraction of sp³-hybridized carbons (Fsp3) is 0.632. The van der Waals surface area contributed by atoms with Crippen molar-refractivity contribution in [2.75, 3.05) is 26.7 Å². The predicted molar refractivity (Wildman–Crippen MR) is 100 cm³/mol. The molecule has 170 valence electrons. The van der Waals surface area contributed by atoms with Crippen LogP contribution in [0.5, 0.6) is 5.75 Å². The molecule has 11 heteroatoms. The second-order valence-corrected chi connectivity index (χ2v) is 8.32. The van der Waals surface area contributed by atoms with Gasteiger partial charge >= 0.3 is 12.4 Å². The van der Waals surface area contributed by atoms with Gasteiger partial charge in [0.05, 0.1) is 25.2 Å². The number of halogens is 7. The normalized spacial score (nSPS) is 17.3. The third-order valence-corrected chi connectivity index (χ3v) is 5.44. The van der Waals surface area contributed by atoms with Crippen LogP contribution in [0.4, 0.5) is 26.3 Å². The average molecular weight is 462 g/mol. The summed E-state index contributed by atoms with van der Waals surface area (Å²) in [4.78, 5) is 2.12. The number of unbranched alkanes of at least 4 members (excludes halogenated alkanes) is 1. The SMILES string of the molecule is CN1C=[N+](CCCCOc2ccc(C(O)(C(F)(F)F)C(F)(F)F)cc2Cl)CC1(C)C. The standard InChI is InChI=1S/C19H24ClF6N2O2/c1-16(2)11-28(12-27(16)3)8-4-5-9-30-15-7-6-13(10-14(15)20)17(29,18(21,22)23)19(24,25)26/h6-7,10,12,29H,4-5,8-9,11H2,1-3H3/q+1. The predicted octanol–water partition coefficient (Wildman–Crippen LogP) is 4.58. The lowest BCUT2D eigenvalue weighted by Gasteiger charge is -2.32. The lowest BCUT2D eigenvalue weighted by atomic mass is 9.92. The molecule has 0 bridgehead atoms. The summed E-state index contributed by atoms with van der Waals surface area (Å²) < 4.78 is 85.3. The Morgan fingerprint density at radius 2 is 1.73 bits per heavy atom. The van der Waals surface area contributed by atoms with Crippen molar-refractivity contribution in [2.24, 2.45) is 0 Å². The van der Waals surface area contributed by atoms with Gasteiger partial charge in [-0.25, -0.2) is 0 Å². The summed E-state index contributed by atoms with van der Waals surface area (Å²) in [6.07, 6.45) is -8.52. The Labute approximate surface area is 175 Å². The van der Waals surface area contributed by atoms with E-state index in [0.29, 0.717) is 18.6 Å². The Bertz CT molecular complexity index is 778. The average Bonchev–Trinajstić information content (AvgIpc) is 2.85. The number of alkyl halides is 6. The molecule has 1 aliphatic rings. The van der Waals surface area contributed by atoms with Crippen LogP contribution in [0.1, 0.15) is 32.3 Å². The van der Waals surface area contributed by atoms with Gasteiger partial charge < -0.3 is 9.84 Å². The number of aliphatic hydroxyl groups is 1. The van der Waals surface area contributed by atoms with Crippen molar-refractivity contribution in [1.82, 2.24) is 4.90 Å². The highest BCUT2D eigenvalue weighted by Crippen LogP contribution is 2.50. The molecule has 1 aliphatic heterocycles. The van der Waals surface area contributed by atoms with Gasteiger partial charge in [-0.2, -0.15) is 26.3 Å². The van der Waals surface area contributed by atoms with Crippen molar-refractivity contribution in [3.8, 4) is 5.75 Å². The minimum absolute atomic E-state index is 0.0422. The summed E-state index contributed by atoms with van der Waals surface area (Å²) in [6, 6.07) is 1.83. The van der Waals surface area contributed by atoms with Crippen molar-refractivity contribution in [3.63, 3.8) is 0 Å². The van der Waals surface area contributed by atoms with E-state index in [2.05, 4.69) is 23.3 Å². The maximum atomic E-state index is 13.0. The zero-order chi connectivity index (χ0) is 23.0. The molecule has 1 aromatic carbocycles. The van der Waals surface area contributed by atoms with Crippen LogP contribution in [-0.4, -0.2) is 65.6 Å². The van der Waals surface area contributed by atoms with Crippen molar-refractivity contribution < 1.29 is 40.8 Å². The number of nitrogens with zero attached hydrogens (tertiary/aromatic N) is 2. The molecule has 1 aromatic rings. The van der Waals surface area contributed by atoms with Gasteiger partial charge in [0.25, 0.3) is 5.60 Å². The molecule has 0 aliphatic carbocycles. The molecular formula is C19H24ClF6N2O2+. The summed E-state index contributed by atoms with van der Waals surface area (Å²) >= 11 is 5.81. The van der Waals surface area contributed by atoms with E-state index >= 15 is 0 Å². The topological polar surface area (TPSA) is 35.7 Å². The second-order valence-electron chi connectivity index (χ2n) is 7.92. The van der Waals surface area contributed by atoms with Gasteiger partial charge in [0.1, 0.15) is 17.8 Å². The molecule has 0 atom stereocenters. The van der Waals surface area contributed by atoms with Crippen LogP contribution in [0.2, 0.25) is 5.02 Å². The van der Waals surface area contributed by atoms with E-state index < -0.39 is 28.5 Å². The van der Waals surface area contributed by atoms with Gasteiger partial charge in [-0.05, 0) is 38.8 Å². The lowest BCUT2D eigenvalue weighted by molar-refractivity contribution is -0.521. The zero-order valence-electron chi connectivity index (χ0n) is 16.7. The first-order chi connectivity index (χ1) is 13.6. The molecule has 0 unspecified atom stereocenters. The van der Waals surface area contributed by atoms with E-state index in [1.165, 1.54) is 0 Å². The molecule has 0 spiro atoms. The fourth-order valence-corrected chi connectivity index (χ4v) is 3.35. The molecule has 1 heterocycles. The summed E-state index contributed by atoms with van der Waals surface area (Å²) in [6.45, 7) is 6.09. The summed E-state index contributed by atoms with van der Waals surface area (Å²) in [7, 11) is 1.99. The molecule has 0 saturated heterocycles. The van der Waals surface area contributed by atoms with Gasteiger partial charge in [-0.3, -0.25) is 9.48 Å². The first-order valence-electron chi connectivity index (χ1n) is 9.20. The maximum Gasteiger partial charge on any atom is 0.430 e. The quantitative estimate of drug-likeness (QED) is 0.367. The van der Waals surface area contributed by atoms with Crippen LogP contribution in [-0.2, 0) is 5.60 Å². The first kappa shape index (κ1) is 24.6. The zero-order valence-corrected chi connectivity index (χ0v) is 17.5. The summed E-state index contributed by atoms with van der Waals surface area (Å²) in [5.74, 6) is -0.0549. The Kier molecular flexibility index (Phi) is 6.93. The van der Waals surface area contributed by atoms with Crippen molar-refractivity contribution in [3.05, 3.63) is 28.8 Å². The Balaban J connectivity index is 1.96. The molecule has 1 N–H and O–H groups in total. The van der Waals surface area contributed by atoms with Crippen molar-refractivity contribution in [1.29, 1.82) is 0 Å². The van der Waals surface area contributed by atoms with Crippen molar-refractivity contribution >= 4 is 17.9 Å². The van der Waals surface area contributed by atoms with Gasteiger partial charge in [-0.1, -0.05) is 17.7 Å². The molecule has 0 aromatic heterocycles. The second kappa shape index (κ2) is 8.45. The van der Waals surface area contributed by atoms with Crippen LogP contribution in [0.3, 0.4) is 0 Å². The van der Waals surface area contributed by atoms with E-state index in [1.54, 1.807) is 0 Å². The Hall–Kier alpha value is -1.68. The number of likely N-dealkylation sites (N-methyl/N-ethyl adjacent to an activating group) is 1. The van der Waals surface area contributed by atoms with E-state index in [9.17, 15) is 31.4 Å². The number of benzene rings is 1. The molecule has 2 rings (SSSR count).